The summed E-state index contributed by atoms with van der Waals surface area (Å²) in [7, 11) is 0. The highest BCUT2D eigenvalue weighted by Crippen LogP contribution is 2.31. The Kier molecular flexibility index (Phi) is 4.28. The zero-order valence-corrected chi connectivity index (χ0v) is 15.3. The van der Waals surface area contributed by atoms with E-state index in [1.165, 1.54) is 18.6 Å². The maximum absolute atomic E-state index is 13.9. The second kappa shape index (κ2) is 7.23. The molecule has 5 aromatic rings. The summed E-state index contributed by atoms with van der Waals surface area (Å²) < 4.78 is 13.9. The van der Waals surface area contributed by atoms with Crippen LogP contribution >= 0.6 is 0 Å². The van der Waals surface area contributed by atoms with Crippen LogP contribution in [-0.4, -0.2) is 36.4 Å². The number of hydrogen-bond donors (Lipinski definition) is 2. The van der Waals surface area contributed by atoms with E-state index >= 15 is 0 Å². The van der Waals surface area contributed by atoms with Crippen molar-refractivity contribution in [2.75, 3.05) is 11.9 Å². The topological polar surface area (TPSA) is 92.3 Å². The maximum atomic E-state index is 13.9. The van der Waals surface area contributed by atoms with E-state index < -0.39 is 0 Å². The minimum Gasteiger partial charge on any atom is -0.368 e. The van der Waals surface area contributed by atoms with Crippen molar-refractivity contribution in [1.29, 1.82) is 0 Å². The van der Waals surface area contributed by atoms with Crippen LogP contribution in [-0.2, 0) is 6.42 Å². The molecule has 0 bridgehead atoms. The summed E-state index contributed by atoms with van der Waals surface area (Å²) in [4.78, 5) is 24.2. The molecule has 0 aliphatic rings. The summed E-state index contributed by atoms with van der Waals surface area (Å²) in [5.41, 5.74) is 4.86. The molecule has 0 spiro atoms. The molecular weight excluding hydrogens is 369 g/mol. The molecule has 0 aliphatic carbocycles. The molecule has 5 rings (SSSR count). The molecule has 29 heavy (non-hydrogen) atoms. The van der Waals surface area contributed by atoms with Crippen LogP contribution in [0.25, 0.3) is 33.2 Å². The van der Waals surface area contributed by atoms with Crippen LogP contribution in [0.5, 0.6) is 0 Å². The molecule has 8 heteroatoms. The van der Waals surface area contributed by atoms with Crippen molar-refractivity contribution < 1.29 is 4.39 Å². The highest BCUT2D eigenvalue weighted by atomic mass is 19.1. The Hall–Kier alpha value is -3.94. The number of H-pyrrole nitrogens is 1. The normalized spacial score (nSPS) is 11.2. The van der Waals surface area contributed by atoms with Gasteiger partial charge in [0, 0.05) is 35.5 Å². The minimum atomic E-state index is -0.373. The van der Waals surface area contributed by atoms with Crippen molar-refractivity contribution in [3.63, 3.8) is 0 Å². The van der Waals surface area contributed by atoms with E-state index in [9.17, 15) is 4.39 Å². The van der Waals surface area contributed by atoms with Crippen LogP contribution in [0.1, 0.15) is 5.56 Å². The molecule has 142 valence electrons. The van der Waals surface area contributed by atoms with Crippen LogP contribution in [0, 0.1) is 5.82 Å². The molecule has 4 heterocycles. The standard InChI is InChI=1S/C21H16FN7/c22-16-8-15(9-23-10-16)17-13(3-4-14-2-1-6-24-18(14)17)5-7-25-20-19-21(27-11-26-19)29-12-28-20/h1-4,6,8-12H,5,7H2,(H2,25,26,27,28,29). The van der Waals surface area contributed by atoms with Gasteiger partial charge in [-0.25, -0.2) is 19.3 Å². The number of fused-ring (bicyclic) bond motifs is 2. The van der Waals surface area contributed by atoms with Crippen LogP contribution < -0.4 is 5.32 Å². The number of anilines is 1. The maximum Gasteiger partial charge on any atom is 0.182 e. The van der Waals surface area contributed by atoms with Crippen molar-refractivity contribution in [3.8, 4) is 11.1 Å². The van der Waals surface area contributed by atoms with E-state index in [0.29, 0.717) is 30.0 Å². The predicted octanol–water partition coefficient (Wildman–Crippen LogP) is 3.76. The molecule has 7 nitrogen and oxygen atoms in total. The summed E-state index contributed by atoms with van der Waals surface area (Å²) in [6, 6.07) is 9.47. The van der Waals surface area contributed by atoms with Crippen molar-refractivity contribution in [3.05, 3.63) is 73.0 Å². The van der Waals surface area contributed by atoms with Gasteiger partial charge < -0.3 is 10.3 Å². The summed E-state index contributed by atoms with van der Waals surface area (Å²) in [5.74, 6) is 0.322. The van der Waals surface area contributed by atoms with Crippen LogP contribution in [0.2, 0.25) is 0 Å². The second-order valence-corrected chi connectivity index (χ2v) is 6.57. The number of halogens is 1. The van der Waals surface area contributed by atoms with Gasteiger partial charge in [0.25, 0.3) is 0 Å². The smallest absolute Gasteiger partial charge is 0.182 e. The molecule has 1 aromatic carbocycles. The Bertz CT molecular complexity index is 1310. The van der Waals surface area contributed by atoms with E-state index in [0.717, 1.165) is 27.5 Å². The number of imidazole rings is 1. The number of aromatic nitrogens is 6. The van der Waals surface area contributed by atoms with Gasteiger partial charge in [-0.3, -0.25) is 9.97 Å². The SMILES string of the molecule is Fc1cncc(-c2c(CCNc3ncnc4nc[nH]c34)ccc3cccnc23)c1. The Labute approximate surface area is 165 Å². The number of nitrogens with zero attached hydrogens (tertiary/aromatic N) is 5. The lowest BCUT2D eigenvalue weighted by Gasteiger charge is -2.13. The molecule has 0 radical (unpaired) electrons. The van der Waals surface area contributed by atoms with Gasteiger partial charge >= 0.3 is 0 Å². The average Bonchev–Trinajstić information content (AvgIpc) is 3.23. The lowest BCUT2D eigenvalue weighted by Crippen LogP contribution is -2.08. The molecule has 0 atom stereocenters. The number of rotatable bonds is 5. The average molecular weight is 385 g/mol. The molecule has 0 amide bonds. The van der Waals surface area contributed by atoms with Gasteiger partial charge in [-0.05, 0) is 24.1 Å². The lowest BCUT2D eigenvalue weighted by molar-refractivity contribution is 0.622. The number of benzene rings is 1. The fourth-order valence-electron chi connectivity index (χ4n) is 3.48. The lowest BCUT2D eigenvalue weighted by atomic mass is 9.95. The van der Waals surface area contributed by atoms with E-state index in [4.69, 9.17) is 0 Å². The first-order valence-corrected chi connectivity index (χ1v) is 9.15. The number of hydrogen-bond acceptors (Lipinski definition) is 6. The van der Waals surface area contributed by atoms with Gasteiger partial charge in [-0.2, -0.15) is 0 Å². The van der Waals surface area contributed by atoms with Crippen molar-refractivity contribution >= 4 is 27.9 Å². The first kappa shape index (κ1) is 17.2. The minimum absolute atomic E-state index is 0.373. The Morgan fingerprint density at radius 2 is 2.00 bits per heavy atom. The Morgan fingerprint density at radius 3 is 2.93 bits per heavy atom. The first-order chi connectivity index (χ1) is 14.3. The third-order valence-electron chi connectivity index (χ3n) is 4.76. The molecule has 0 saturated heterocycles. The fourth-order valence-corrected chi connectivity index (χ4v) is 3.48. The van der Waals surface area contributed by atoms with Gasteiger partial charge in [-0.1, -0.05) is 18.2 Å². The highest BCUT2D eigenvalue weighted by molar-refractivity contribution is 5.95. The number of nitrogens with one attached hydrogen (secondary N) is 2. The monoisotopic (exact) mass is 385 g/mol. The third kappa shape index (κ3) is 3.25. The van der Waals surface area contributed by atoms with E-state index in [1.54, 1.807) is 18.7 Å². The Balaban J connectivity index is 1.50. The zero-order chi connectivity index (χ0) is 19.6. The molecular formula is C21H16FN7. The van der Waals surface area contributed by atoms with Crippen LogP contribution in [0.4, 0.5) is 10.2 Å². The third-order valence-corrected chi connectivity index (χ3v) is 4.76. The second-order valence-electron chi connectivity index (χ2n) is 6.57. The molecule has 0 saturated carbocycles. The van der Waals surface area contributed by atoms with Crippen molar-refractivity contribution in [1.82, 2.24) is 29.9 Å². The quantitative estimate of drug-likeness (QED) is 0.479. The molecule has 0 aliphatic heterocycles. The first-order valence-electron chi connectivity index (χ1n) is 9.15. The summed E-state index contributed by atoms with van der Waals surface area (Å²) in [5, 5.41) is 4.33. The van der Waals surface area contributed by atoms with Gasteiger partial charge in [0.2, 0.25) is 0 Å². The molecule has 0 unspecified atom stereocenters. The number of pyridine rings is 2. The molecule has 2 N–H and O–H groups in total. The summed E-state index contributed by atoms with van der Waals surface area (Å²) in [6.07, 6.45) is 8.38. The largest absolute Gasteiger partial charge is 0.368 e. The van der Waals surface area contributed by atoms with Crippen LogP contribution in [0.3, 0.4) is 0 Å². The van der Waals surface area contributed by atoms with Gasteiger partial charge in [0.05, 0.1) is 18.0 Å². The van der Waals surface area contributed by atoms with Crippen LogP contribution in [0.15, 0.2) is 61.6 Å². The van der Waals surface area contributed by atoms with Gasteiger partial charge in [-0.15, -0.1) is 0 Å². The zero-order valence-electron chi connectivity index (χ0n) is 15.3. The van der Waals surface area contributed by atoms with E-state index in [1.807, 2.05) is 18.2 Å². The summed E-state index contributed by atoms with van der Waals surface area (Å²) in [6.45, 7) is 0.624. The highest BCUT2D eigenvalue weighted by Gasteiger charge is 2.13. The van der Waals surface area contributed by atoms with E-state index in [-0.39, 0.29) is 5.82 Å². The number of aromatic amines is 1. The van der Waals surface area contributed by atoms with E-state index in [2.05, 4.69) is 41.3 Å². The summed E-state index contributed by atoms with van der Waals surface area (Å²) >= 11 is 0. The fraction of sp³-hybridized carbons (Fsp3) is 0.0952. The predicted molar refractivity (Wildman–Crippen MR) is 109 cm³/mol. The molecule has 0 fully saturated rings. The molecule has 4 aromatic heterocycles. The Morgan fingerprint density at radius 1 is 1.03 bits per heavy atom. The van der Waals surface area contributed by atoms with Gasteiger partial charge in [0.15, 0.2) is 11.5 Å². The van der Waals surface area contributed by atoms with Gasteiger partial charge in [0.1, 0.15) is 17.7 Å². The van der Waals surface area contributed by atoms with Crippen molar-refractivity contribution in [2.24, 2.45) is 0 Å². The van der Waals surface area contributed by atoms with Crippen molar-refractivity contribution in [2.45, 2.75) is 6.42 Å².